The molecule has 0 amide bonds. The summed E-state index contributed by atoms with van der Waals surface area (Å²) in [7, 11) is 0. The summed E-state index contributed by atoms with van der Waals surface area (Å²) in [5.41, 5.74) is 5.70. The van der Waals surface area contributed by atoms with Gasteiger partial charge in [-0.3, -0.25) is 4.68 Å². The van der Waals surface area contributed by atoms with Crippen LogP contribution in [0.2, 0.25) is 0 Å². The molecule has 0 fully saturated rings. The Balaban J connectivity index is 1.76. The van der Waals surface area contributed by atoms with Gasteiger partial charge in [0.15, 0.2) is 0 Å². The molecule has 0 saturated carbocycles. The Morgan fingerprint density at radius 1 is 1.29 bits per heavy atom. The van der Waals surface area contributed by atoms with E-state index in [-0.39, 0.29) is 12.0 Å². The summed E-state index contributed by atoms with van der Waals surface area (Å²) in [5, 5.41) is 11.3. The van der Waals surface area contributed by atoms with Crippen LogP contribution < -0.4 is 11.1 Å². The van der Waals surface area contributed by atoms with Crippen molar-refractivity contribution in [3.05, 3.63) is 31.1 Å². The van der Waals surface area contributed by atoms with Crippen LogP contribution in [0.1, 0.15) is 6.92 Å². The number of nitrogen functional groups attached to an aromatic ring is 1. The second kappa shape index (κ2) is 5.53. The molecule has 1 atom stereocenters. The second-order valence-electron chi connectivity index (χ2n) is 4.43. The van der Waals surface area contributed by atoms with Gasteiger partial charge in [0.25, 0.3) is 5.95 Å². The van der Waals surface area contributed by atoms with Crippen molar-refractivity contribution in [3.8, 4) is 5.95 Å². The van der Waals surface area contributed by atoms with Crippen LogP contribution in [-0.2, 0) is 6.54 Å². The summed E-state index contributed by atoms with van der Waals surface area (Å²) in [4.78, 5) is 16.2. The first-order valence-corrected chi connectivity index (χ1v) is 6.31. The number of hydrogen-bond donors (Lipinski definition) is 2. The molecular formula is C11H14N10. The van der Waals surface area contributed by atoms with Crippen LogP contribution in [0.15, 0.2) is 31.1 Å². The fourth-order valence-electron chi connectivity index (χ4n) is 1.81. The lowest BCUT2D eigenvalue weighted by Gasteiger charge is -2.14. The predicted molar refractivity (Wildman–Crippen MR) is 74.5 cm³/mol. The summed E-state index contributed by atoms with van der Waals surface area (Å²) >= 11 is 0. The molecule has 0 aliphatic heterocycles. The Morgan fingerprint density at radius 2 is 2.19 bits per heavy atom. The molecule has 0 radical (unpaired) electrons. The zero-order chi connectivity index (χ0) is 14.7. The highest BCUT2D eigenvalue weighted by Crippen LogP contribution is 2.07. The highest BCUT2D eigenvalue weighted by Gasteiger charge is 2.10. The maximum atomic E-state index is 5.70. The van der Waals surface area contributed by atoms with Gasteiger partial charge >= 0.3 is 0 Å². The average Bonchev–Trinajstić information content (AvgIpc) is 3.10. The van der Waals surface area contributed by atoms with Gasteiger partial charge in [0, 0.05) is 18.4 Å². The zero-order valence-corrected chi connectivity index (χ0v) is 11.3. The Bertz CT molecular complexity index is 690. The fourth-order valence-corrected chi connectivity index (χ4v) is 1.81. The summed E-state index contributed by atoms with van der Waals surface area (Å²) in [6.45, 7) is 2.67. The van der Waals surface area contributed by atoms with E-state index in [9.17, 15) is 0 Å². The molecular weight excluding hydrogens is 272 g/mol. The van der Waals surface area contributed by atoms with Gasteiger partial charge in [0.2, 0.25) is 11.9 Å². The minimum atomic E-state index is 0.0651. The molecule has 10 nitrogen and oxygen atoms in total. The third-order valence-corrected chi connectivity index (χ3v) is 2.66. The van der Waals surface area contributed by atoms with Crippen molar-refractivity contribution in [2.24, 2.45) is 0 Å². The van der Waals surface area contributed by atoms with E-state index in [1.165, 1.54) is 17.3 Å². The van der Waals surface area contributed by atoms with E-state index in [0.717, 1.165) is 0 Å². The third kappa shape index (κ3) is 3.11. The van der Waals surface area contributed by atoms with Crippen LogP contribution in [0.3, 0.4) is 0 Å². The maximum absolute atomic E-state index is 5.70. The zero-order valence-electron chi connectivity index (χ0n) is 11.3. The van der Waals surface area contributed by atoms with Crippen LogP contribution in [0.5, 0.6) is 0 Å². The minimum absolute atomic E-state index is 0.0651. The number of nitrogens with zero attached hydrogens (tertiary/aromatic N) is 8. The van der Waals surface area contributed by atoms with E-state index in [0.29, 0.717) is 18.4 Å². The lowest BCUT2D eigenvalue weighted by Crippen LogP contribution is -2.24. The number of nitrogens with two attached hydrogens (primary N) is 1. The average molecular weight is 286 g/mol. The molecule has 0 saturated heterocycles. The van der Waals surface area contributed by atoms with Crippen molar-refractivity contribution < 1.29 is 0 Å². The highest BCUT2D eigenvalue weighted by atomic mass is 15.4. The molecule has 3 aromatic rings. The Kier molecular flexibility index (Phi) is 3.41. The van der Waals surface area contributed by atoms with Crippen LogP contribution in [-0.4, -0.2) is 45.5 Å². The molecule has 3 N–H and O–H groups in total. The molecule has 3 heterocycles. The first kappa shape index (κ1) is 13.0. The standard InChI is InChI=1S/C11H14N10/c1-8(5-20-4-2-3-14-20)16-10-17-9(12)18-11(19-10)21-7-13-6-15-21/h2-4,6-8H,5H2,1H3,(H3,12,16,17,18,19). The van der Waals surface area contributed by atoms with Gasteiger partial charge in [0.1, 0.15) is 12.7 Å². The summed E-state index contributed by atoms with van der Waals surface area (Å²) < 4.78 is 3.24. The van der Waals surface area contributed by atoms with Crippen molar-refractivity contribution in [2.45, 2.75) is 19.5 Å². The lowest BCUT2D eigenvalue weighted by atomic mass is 10.3. The van der Waals surface area contributed by atoms with Crippen LogP contribution in [0, 0.1) is 0 Å². The topological polar surface area (TPSA) is 125 Å². The Hall–Kier alpha value is -3.04. The number of rotatable bonds is 5. The number of nitrogens with one attached hydrogen (secondary N) is 1. The molecule has 10 heteroatoms. The normalized spacial score (nSPS) is 12.2. The molecule has 21 heavy (non-hydrogen) atoms. The predicted octanol–water partition coefficient (Wildman–Crippen LogP) is -0.268. The van der Waals surface area contributed by atoms with Gasteiger partial charge in [-0.15, -0.1) is 0 Å². The van der Waals surface area contributed by atoms with Crippen molar-refractivity contribution in [1.29, 1.82) is 0 Å². The fraction of sp³-hybridized carbons (Fsp3) is 0.273. The van der Waals surface area contributed by atoms with Gasteiger partial charge in [0.05, 0.1) is 6.54 Å². The first-order chi connectivity index (χ1) is 10.2. The van der Waals surface area contributed by atoms with Crippen LogP contribution in [0.25, 0.3) is 5.95 Å². The smallest absolute Gasteiger partial charge is 0.258 e. The molecule has 0 aromatic carbocycles. The van der Waals surface area contributed by atoms with E-state index >= 15 is 0 Å². The van der Waals surface area contributed by atoms with Gasteiger partial charge in [-0.1, -0.05) is 0 Å². The molecule has 0 aliphatic rings. The largest absolute Gasteiger partial charge is 0.368 e. The summed E-state index contributed by atoms with van der Waals surface area (Å²) in [6, 6.07) is 1.94. The molecule has 3 rings (SSSR count). The number of aromatic nitrogens is 8. The molecule has 108 valence electrons. The van der Waals surface area contributed by atoms with Crippen molar-refractivity contribution >= 4 is 11.9 Å². The van der Waals surface area contributed by atoms with E-state index in [2.05, 4.69) is 35.5 Å². The van der Waals surface area contributed by atoms with Crippen molar-refractivity contribution in [3.63, 3.8) is 0 Å². The van der Waals surface area contributed by atoms with Crippen molar-refractivity contribution in [1.82, 2.24) is 39.5 Å². The minimum Gasteiger partial charge on any atom is -0.368 e. The maximum Gasteiger partial charge on any atom is 0.258 e. The van der Waals surface area contributed by atoms with Gasteiger partial charge in [-0.05, 0) is 13.0 Å². The first-order valence-electron chi connectivity index (χ1n) is 6.31. The van der Waals surface area contributed by atoms with E-state index in [1.54, 1.807) is 6.20 Å². The van der Waals surface area contributed by atoms with E-state index < -0.39 is 0 Å². The number of anilines is 2. The van der Waals surface area contributed by atoms with Crippen molar-refractivity contribution in [2.75, 3.05) is 11.1 Å². The second-order valence-corrected chi connectivity index (χ2v) is 4.43. The van der Waals surface area contributed by atoms with E-state index in [1.807, 2.05) is 23.9 Å². The SMILES string of the molecule is CC(Cn1cccn1)Nc1nc(N)nc(-n2cncn2)n1. The molecule has 0 spiro atoms. The van der Waals surface area contributed by atoms with E-state index in [4.69, 9.17) is 5.73 Å². The molecule has 3 aromatic heterocycles. The summed E-state index contributed by atoms with van der Waals surface area (Å²) in [6.07, 6.45) is 6.51. The quantitative estimate of drug-likeness (QED) is 0.656. The highest BCUT2D eigenvalue weighted by molar-refractivity contribution is 5.35. The lowest BCUT2D eigenvalue weighted by molar-refractivity contribution is 0.558. The molecule has 1 unspecified atom stereocenters. The third-order valence-electron chi connectivity index (χ3n) is 2.66. The molecule has 0 aliphatic carbocycles. The van der Waals surface area contributed by atoms with Crippen LogP contribution in [0.4, 0.5) is 11.9 Å². The van der Waals surface area contributed by atoms with Crippen LogP contribution >= 0.6 is 0 Å². The Labute approximate surface area is 120 Å². The van der Waals surface area contributed by atoms with Gasteiger partial charge in [-0.2, -0.15) is 29.8 Å². The summed E-state index contributed by atoms with van der Waals surface area (Å²) in [5.74, 6) is 0.811. The Morgan fingerprint density at radius 3 is 2.90 bits per heavy atom. The monoisotopic (exact) mass is 286 g/mol. The van der Waals surface area contributed by atoms with Gasteiger partial charge in [-0.25, -0.2) is 4.98 Å². The molecule has 0 bridgehead atoms. The van der Waals surface area contributed by atoms with Gasteiger partial charge < -0.3 is 11.1 Å². The number of hydrogen-bond acceptors (Lipinski definition) is 8.